The summed E-state index contributed by atoms with van der Waals surface area (Å²) >= 11 is 1.13. The van der Waals surface area contributed by atoms with Gasteiger partial charge in [-0.05, 0) is 56.3 Å². The second-order valence-electron chi connectivity index (χ2n) is 10.6. The molecule has 1 aromatic heterocycles. The number of fused-ring (bicyclic) bond motifs is 1. The third-order valence-corrected chi connectivity index (χ3v) is 10.2. The Balaban J connectivity index is 1.67. The standard InChI is InChI=1S/C27H39N3O5S2/c1-19-15-30(20(2)18-31)27(32)22-11-7-12-23(28-37(33,34)25-13-8-14-36-25)26(22)35-24(19)17-29(3)16-21-9-5-4-6-10-21/h7-8,11-14,19-21,24,28,31H,4-6,9-10,15-18H2,1-3H3/t19-,20+,24-/m0/s1. The van der Waals surface area contributed by atoms with E-state index in [0.29, 0.717) is 24.6 Å². The van der Waals surface area contributed by atoms with E-state index >= 15 is 0 Å². The van der Waals surface area contributed by atoms with Gasteiger partial charge in [-0.1, -0.05) is 38.3 Å². The number of hydrogen-bond donors (Lipinski definition) is 2. The van der Waals surface area contributed by atoms with E-state index in [0.717, 1.165) is 17.9 Å². The van der Waals surface area contributed by atoms with Crippen LogP contribution >= 0.6 is 11.3 Å². The molecule has 37 heavy (non-hydrogen) atoms. The van der Waals surface area contributed by atoms with Crippen LogP contribution in [0.5, 0.6) is 5.75 Å². The summed E-state index contributed by atoms with van der Waals surface area (Å²) in [5, 5.41) is 11.6. The number of thiophene rings is 1. The summed E-state index contributed by atoms with van der Waals surface area (Å²) in [6, 6.07) is 7.80. The number of rotatable bonds is 9. The van der Waals surface area contributed by atoms with Crippen molar-refractivity contribution in [2.45, 2.75) is 62.3 Å². The zero-order valence-electron chi connectivity index (χ0n) is 21.9. The van der Waals surface area contributed by atoms with Gasteiger partial charge in [0.15, 0.2) is 5.75 Å². The van der Waals surface area contributed by atoms with Gasteiger partial charge < -0.3 is 19.6 Å². The van der Waals surface area contributed by atoms with Gasteiger partial charge in [-0.25, -0.2) is 8.42 Å². The van der Waals surface area contributed by atoms with Crippen LogP contribution in [0.3, 0.4) is 0 Å². The van der Waals surface area contributed by atoms with Crippen molar-refractivity contribution >= 4 is 33.0 Å². The van der Waals surface area contributed by atoms with Crippen LogP contribution in [-0.2, 0) is 10.0 Å². The van der Waals surface area contributed by atoms with E-state index in [4.69, 9.17) is 4.74 Å². The molecular weight excluding hydrogens is 510 g/mol. The molecule has 3 atom stereocenters. The molecule has 0 radical (unpaired) electrons. The van der Waals surface area contributed by atoms with Crippen molar-refractivity contribution in [1.82, 2.24) is 9.80 Å². The molecule has 0 unspecified atom stereocenters. The van der Waals surface area contributed by atoms with Crippen LogP contribution in [0.4, 0.5) is 5.69 Å². The van der Waals surface area contributed by atoms with Crippen molar-refractivity contribution in [2.75, 3.05) is 38.0 Å². The van der Waals surface area contributed by atoms with Gasteiger partial charge in [0, 0.05) is 25.6 Å². The molecule has 1 aliphatic heterocycles. The molecule has 8 nitrogen and oxygen atoms in total. The van der Waals surface area contributed by atoms with Gasteiger partial charge in [0.25, 0.3) is 15.9 Å². The first-order chi connectivity index (χ1) is 17.7. The lowest BCUT2D eigenvalue weighted by Gasteiger charge is -2.39. The number of likely N-dealkylation sites (N-methyl/N-ethyl adjacent to an activating group) is 1. The van der Waals surface area contributed by atoms with Crippen LogP contribution in [0.2, 0.25) is 0 Å². The van der Waals surface area contributed by atoms with Crippen LogP contribution in [0.15, 0.2) is 39.9 Å². The summed E-state index contributed by atoms with van der Waals surface area (Å²) in [6.45, 7) is 5.78. The largest absolute Gasteiger partial charge is 0.486 e. The molecule has 1 aromatic carbocycles. The molecule has 0 saturated heterocycles. The van der Waals surface area contributed by atoms with Gasteiger partial charge in [0.05, 0.1) is 23.9 Å². The SMILES string of the molecule is C[C@H](CO)N1C[C@H](C)[C@H](CN(C)CC2CCCCC2)Oc2c(NS(=O)(=O)c3cccs3)cccc2C1=O. The highest BCUT2D eigenvalue weighted by atomic mass is 32.2. The smallest absolute Gasteiger partial charge is 0.271 e. The minimum atomic E-state index is -3.84. The molecule has 1 aliphatic carbocycles. The van der Waals surface area contributed by atoms with Crippen molar-refractivity contribution in [1.29, 1.82) is 0 Å². The summed E-state index contributed by atoms with van der Waals surface area (Å²) in [5.41, 5.74) is 0.531. The number of ether oxygens (including phenoxy) is 1. The Labute approximate surface area is 224 Å². The lowest BCUT2D eigenvalue weighted by Crippen LogP contribution is -2.50. The molecule has 10 heteroatoms. The van der Waals surface area contributed by atoms with Crippen molar-refractivity contribution in [3.8, 4) is 5.75 Å². The van der Waals surface area contributed by atoms with Crippen LogP contribution < -0.4 is 9.46 Å². The number of aliphatic hydroxyl groups is 1. The molecule has 2 aromatic rings. The maximum Gasteiger partial charge on any atom is 0.271 e. The summed E-state index contributed by atoms with van der Waals surface area (Å²) in [4.78, 5) is 17.6. The fourth-order valence-electron chi connectivity index (χ4n) is 5.35. The summed E-state index contributed by atoms with van der Waals surface area (Å²) in [6.07, 6.45) is 6.11. The average molecular weight is 550 g/mol. The molecule has 1 amide bonds. The van der Waals surface area contributed by atoms with Crippen LogP contribution in [0, 0.1) is 11.8 Å². The van der Waals surface area contributed by atoms with Gasteiger partial charge in [-0.3, -0.25) is 9.52 Å². The van der Waals surface area contributed by atoms with Gasteiger partial charge in [-0.2, -0.15) is 0 Å². The van der Waals surface area contributed by atoms with E-state index < -0.39 is 10.0 Å². The molecule has 1 saturated carbocycles. The minimum absolute atomic E-state index is 0.0399. The molecule has 0 bridgehead atoms. The number of sulfonamides is 1. The van der Waals surface area contributed by atoms with Gasteiger partial charge in [0.2, 0.25) is 0 Å². The van der Waals surface area contributed by atoms with E-state index in [9.17, 15) is 18.3 Å². The number of anilines is 1. The van der Waals surface area contributed by atoms with Crippen LogP contribution in [-0.4, -0.2) is 74.7 Å². The summed E-state index contributed by atoms with van der Waals surface area (Å²) < 4.78 is 35.5. The molecule has 1 fully saturated rings. The Morgan fingerprint density at radius 2 is 1.95 bits per heavy atom. The van der Waals surface area contributed by atoms with Crippen LogP contribution in [0.25, 0.3) is 0 Å². The maximum absolute atomic E-state index is 13.6. The van der Waals surface area contributed by atoms with Crippen molar-refractivity contribution in [2.24, 2.45) is 11.8 Å². The number of nitrogens with one attached hydrogen (secondary N) is 1. The van der Waals surface area contributed by atoms with E-state index in [1.165, 1.54) is 32.1 Å². The van der Waals surface area contributed by atoms with Gasteiger partial charge >= 0.3 is 0 Å². The number of benzene rings is 1. The summed E-state index contributed by atoms with van der Waals surface area (Å²) in [5.74, 6) is 0.595. The second-order valence-corrected chi connectivity index (χ2v) is 13.4. The lowest BCUT2D eigenvalue weighted by atomic mass is 9.89. The first kappa shape index (κ1) is 27.9. The van der Waals surface area contributed by atoms with Gasteiger partial charge in [0.1, 0.15) is 10.3 Å². The highest BCUT2D eigenvalue weighted by molar-refractivity contribution is 7.94. The number of aliphatic hydroxyl groups excluding tert-OH is 1. The average Bonchev–Trinajstić information content (AvgIpc) is 3.43. The molecule has 4 rings (SSSR count). The molecule has 2 aliphatic rings. The molecule has 204 valence electrons. The predicted octanol–water partition coefficient (Wildman–Crippen LogP) is 4.28. The Morgan fingerprint density at radius 1 is 1.19 bits per heavy atom. The number of carbonyl (C=O) groups excluding carboxylic acids is 1. The number of hydrogen-bond acceptors (Lipinski definition) is 7. The van der Waals surface area contributed by atoms with Gasteiger partial charge in [-0.15, -0.1) is 11.3 Å². The normalized spacial score (nSPS) is 22.2. The Kier molecular flexibility index (Phi) is 9.15. The second kappa shape index (κ2) is 12.1. The van der Waals surface area contributed by atoms with Crippen molar-refractivity contribution < 1.29 is 23.1 Å². The molecule has 0 spiro atoms. The highest BCUT2D eigenvalue weighted by Crippen LogP contribution is 2.36. The third kappa shape index (κ3) is 6.66. The third-order valence-electron chi connectivity index (χ3n) is 7.48. The minimum Gasteiger partial charge on any atom is -0.486 e. The fourth-order valence-corrected chi connectivity index (χ4v) is 7.40. The predicted molar refractivity (Wildman–Crippen MR) is 147 cm³/mol. The molecule has 2 N–H and O–H groups in total. The van der Waals surface area contributed by atoms with E-state index in [-0.39, 0.29) is 46.2 Å². The van der Waals surface area contributed by atoms with Crippen molar-refractivity contribution in [3.63, 3.8) is 0 Å². The molecule has 2 heterocycles. The van der Waals surface area contributed by atoms with Crippen molar-refractivity contribution in [3.05, 3.63) is 41.3 Å². The molecular formula is C27H39N3O5S2. The van der Waals surface area contributed by atoms with E-state index in [1.54, 1.807) is 40.6 Å². The lowest BCUT2D eigenvalue weighted by molar-refractivity contribution is 0.0333. The van der Waals surface area contributed by atoms with Crippen LogP contribution in [0.1, 0.15) is 56.3 Å². The zero-order valence-corrected chi connectivity index (χ0v) is 23.6. The summed E-state index contributed by atoms with van der Waals surface area (Å²) in [7, 11) is -1.73. The van der Waals surface area contributed by atoms with E-state index in [1.807, 2.05) is 13.8 Å². The first-order valence-electron chi connectivity index (χ1n) is 13.2. The number of carbonyl (C=O) groups is 1. The Bertz CT molecular complexity index is 1150. The number of nitrogens with zero attached hydrogens (tertiary/aromatic N) is 2. The fraction of sp³-hybridized carbons (Fsp3) is 0.593. The first-order valence-corrected chi connectivity index (χ1v) is 15.5. The maximum atomic E-state index is 13.6. The topological polar surface area (TPSA) is 99.2 Å². The Morgan fingerprint density at radius 3 is 2.62 bits per heavy atom. The highest BCUT2D eigenvalue weighted by Gasteiger charge is 2.35. The quantitative estimate of drug-likeness (QED) is 0.484. The van der Waals surface area contributed by atoms with E-state index in [2.05, 4.69) is 16.7 Å². The number of amides is 1. The zero-order chi connectivity index (χ0) is 26.6. The number of para-hydroxylation sites is 1. The monoisotopic (exact) mass is 549 g/mol. The Hall–Kier alpha value is -2.14.